The van der Waals surface area contributed by atoms with E-state index in [2.05, 4.69) is 10.6 Å². The first kappa shape index (κ1) is 39.7. The van der Waals surface area contributed by atoms with Crippen LogP contribution in [-0.2, 0) is 14.3 Å². The second kappa shape index (κ2) is 14.5. The van der Waals surface area contributed by atoms with Gasteiger partial charge in [0.15, 0.2) is 5.82 Å². The van der Waals surface area contributed by atoms with E-state index in [4.69, 9.17) is 79.1 Å². The smallest absolute Gasteiger partial charge is 0.424 e. The summed E-state index contributed by atoms with van der Waals surface area (Å²) in [7, 11) is 0. The van der Waals surface area contributed by atoms with Crippen LogP contribution in [0.3, 0.4) is 0 Å². The number of anilines is 3. The normalized spacial score (nSPS) is 16.7. The molecule has 0 saturated heterocycles. The van der Waals surface area contributed by atoms with E-state index in [1.165, 1.54) is 71.9 Å². The van der Waals surface area contributed by atoms with E-state index in [0.29, 0.717) is 17.7 Å². The van der Waals surface area contributed by atoms with Crippen LogP contribution >= 0.6 is 69.6 Å². The standard InChI is InChI=1S/C33H29Cl6F2N3O6/c1-31(2,3)49-29(47)44(30(48)50-32(4,5)6)26-21(41)11-15(40)12-22(26)43-27(45)17-13-16(7-8-18(17)34)42-28(46)24-23(33(24,38)39)14-9-19(35)25(37)20(36)10-14/h7-13,23-24H,1-6H3,(H,42,46)(H,43,45)/t23-,24+/m0/s1. The molecule has 1 aliphatic carbocycles. The maximum atomic E-state index is 15.5. The van der Waals surface area contributed by atoms with Gasteiger partial charge in [-0.3, -0.25) is 9.59 Å². The molecule has 50 heavy (non-hydrogen) atoms. The van der Waals surface area contributed by atoms with Gasteiger partial charge in [-0.1, -0.05) is 46.4 Å². The molecular weight excluding hydrogens is 785 g/mol. The number of ether oxygens (including phenoxy) is 2. The Morgan fingerprint density at radius 3 is 1.84 bits per heavy atom. The summed E-state index contributed by atoms with van der Waals surface area (Å²) in [5, 5.41) is 5.17. The van der Waals surface area contributed by atoms with E-state index >= 15 is 4.39 Å². The molecule has 0 radical (unpaired) electrons. The van der Waals surface area contributed by atoms with Crippen molar-refractivity contribution in [2.45, 2.75) is 63.0 Å². The maximum absolute atomic E-state index is 15.5. The van der Waals surface area contributed by atoms with Crippen LogP contribution in [0.25, 0.3) is 0 Å². The molecule has 0 aliphatic heterocycles. The van der Waals surface area contributed by atoms with Crippen molar-refractivity contribution in [1.29, 1.82) is 0 Å². The van der Waals surface area contributed by atoms with Gasteiger partial charge in [0.05, 0.1) is 37.3 Å². The van der Waals surface area contributed by atoms with Gasteiger partial charge < -0.3 is 20.1 Å². The minimum Gasteiger partial charge on any atom is -0.443 e. The van der Waals surface area contributed by atoms with Crippen molar-refractivity contribution in [2.24, 2.45) is 5.92 Å². The van der Waals surface area contributed by atoms with Gasteiger partial charge in [0, 0.05) is 17.7 Å². The zero-order chi connectivity index (χ0) is 37.7. The Labute approximate surface area is 316 Å². The van der Waals surface area contributed by atoms with Gasteiger partial charge in [-0.2, -0.15) is 4.90 Å². The predicted octanol–water partition coefficient (Wildman–Crippen LogP) is 11.0. The van der Waals surface area contributed by atoms with Crippen molar-refractivity contribution in [2.75, 3.05) is 15.5 Å². The van der Waals surface area contributed by atoms with Crippen molar-refractivity contribution in [1.82, 2.24) is 0 Å². The van der Waals surface area contributed by atoms with Gasteiger partial charge in [0.25, 0.3) is 5.91 Å². The van der Waals surface area contributed by atoms with Crippen LogP contribution < -0.4 is 15.5 Å². The highest BCUT2D eigenvalue weighted by molar-refractivity contribution is 6.54. The highest BCUT2D eigenvalue weighted by atomic mass is 35.5. The number of hydrogen-bond donors (Lipinski definition) is 2. The van der Waals surface area contributed by atoms with E-state index in [9.17, 15) is 23.6 Å². The molecule has 9 nitrogen and oxygen atoms in total. The lowest BCUT2D eigenvalue weighted by molar-refractivity contribution is -0.117. The third-order valence-corrected chi connectivity index (χ3v) is 9.30. The molecule has 268 valence electrons. The fraction of sp³-hybridized carbons (Fsp3) is 0.333. The Hall–Kier alpha value is -3.06. The lowest BCUT2D eigenvalue weighted by Crippen LogP contribution is -2.44. The third kappa shape index (κ3) is 9.05. The summed E-state index contributed by atoms with van der Waals surface area (Å²) in [5.41, 5.74) is -3.56. The number of benzene rings is 3. The van der Waals surface area contributed by atoms with Gasteiger partial charge in [-0.15, -0.1) is 23.2 Å². The second-order valence-corrected chi connectivity index (χ2v) is 16.2. The molecule has 0 bridgehead atoms. The van der Waals surface area contributed by atoms with Crippen molar-refractivity contribution >= 4 is 111 Å². The molecule has 0 spiro atoms. The van der Waals surface area contributed by atoms with Crippen LogP contribution in [0.15, 0.2) is 42.5 Å². The molecule has 1 fully saturated rings. The number of carbonyl (C=O) groups excluding carboxylic acids is 4. The van der Waals surface area contributed by atoms with Crippen molar-refractivity contribution in [3.8, 4) is 0 Å². The summed E-state index contributed by atoms with van der Waals surface area (Å²) in [6, 6.07) is 7.92. The Morgan fingerprint density at radius 2 is 1.32 bits per heavy atom. The topological polar surface area (TPSA) is 114 Å². The number of halogens is 8. The zero-order valence-electron chi connectivity index (χ0n) is 27.1. The minimum atomic E-state index is -1.54. The van der Waals surface area contributed by atoms with Crippen molar-refractivity contribution < 1.29 is 37.4 Å². The van der Waals surface area contributed by atoms with Crippen molar-refractivity contribution in [3.05, 3.63) is 85.3 Å². The first-order valence-electron chi connectivity index (χ1n) is 14.6. The zero-order valence-corrected chi connectivity index (χ0v) is 31.7. The first-order chi connectivity index (χ1) is 22.9. The fourth-order valence-electron chi connectivity index (χ4n) is 4.77. The molecule has 3 aromatic carbocycles. The highest BCUT2D eigenvalue weighted by Gasteiger charge is 2.67. The Morgan fingerprint density at radius 1 is 0.780 bits per heavy atom. The van der Waals surface area contributed by atoms with Gasteiger partial charge in [-0.05, 0) is 83.5 Å². The van der Waals surface area contributed by atoms with Gasteiger partial charge in [0.2, 0.25) is 5.91 Å². The molecule has 0 aromatic heterocycles. The summed E-state index contributed by atoms with van der Waals surface area (Å²) in [4.78, 5) is 53.5. The van der Waals surface area contributed by atoms with E-state index in [1.54, 1.807) is 0 Å². The Balaban J connectivity index is 1.65. The SMILES string of the molecule is CC(C)(C)OC(=O)N(C(=O)OC(C)(C)C)c1c(F)cc(F)cc1NC(=O)c1cc(NC(=O)[C@H]2[C@H](c3cc(Cl)c(Cl)c(Cl)c3)C2(Cl)Cl)ccc1Cl. The fourth-order valence-corrected chi connectivity index (χ4v) is 6.41. The third-order valence-electron chi connectivity index (χ3n) is 6.83. The number of amides is 4. The Bertz CT molecular complexity index is 1850. The summed E-state index contributed by atoms with van der Waals surface area (Å²) >= 11 is 37.6. The van der Waals surface area contributed by atoms with Crippen LogP contribution in [-0.4, -0.2) is 39.5 Å². The molecule has 0 unspecified atom stereocenters. The molecule has 2 N–H and O–H groups in total. The van der Waals surface area contributed by atoms with Crippen molar-refractivity contribution in [3.63, 3.8) is 0 Å². The highest BCUT2D eigenvalue weighted by Crippen LogP contribution is 2.65. The van der Waals surface area contributed by atoms with E-state index < -0.39 is 74.4 Å². The number of alkyl halides is 2. The number of nitrogens with zero attached hydrogens (tertiary/aromatic N) is 1. The molecule has 1 aliphatic rings. The lowest BCUT2D eigenvalue weighted by atomic mass is 10.1. The maximum Gasteiger partial charge on any atom is 0.424 e. The summed E-state index contributed by atoms with van der Waals surface area (Å²) in [6.07, 6.45) is -2.74. The number of nitrogens with one attached hydrogen (secondary N) is 2. The van der Waals surface area contributed by atoms with Gasteiger partial charge >= 0.3 is 12.2 Å². The second-order valence-electron chi connectivity index (χ2n) is 13.1. The molecule has 1 saturated carbocycles. The number of rotatable bonds is 6. The van der Waals surface area contributed by atoms with Gasteiger partial charge in [-0.25, -0.2) is 18.4 Å². The van der Waals surface area contributed by atoms with E-state index in [-0.39, 0.29) is 36.2 Å². The van der Waals surface area contributed by atoms with Crippen LogP contribution in [0.2, 0.25) is 20.1 Å². The number of carbonyl (C=O) groups is 4. The van der Waals surface area contributed by atoms with Crippen LogP contribution in [0, 0.1) is 17.6 Å². The van der Waals surface area contributed by atoms with Gasteiger partial charge in [0.1, 0.15) is 27.0 Å². The summed E-state index contributed by atoms with van der Waals surface area (Å²) < 4.78 is 39.1. The van der Waals surface area contributed by atoms with Crippen LogP contribution in [0.5, 0.6) is 0 Å². The first-order valence-corrected chi connectivity index (χ1v) is 16.9. The van der Waals surface area contributed by atoms with E-state index in [0.717, 1.165) is 0 Å². The number of hydrogen-bond acceptors (Lipinski definition) is 6. The minimum absolute atomic E-state index is 0.0706. The molecule has 17 heteroatoms. The largest absolute Gasteiger partial charge is 0.443 e. The molecule has 3 aromatic rings. The quantitative estimate of drug-likeness (QED) is 0.189. The molecule has 4 rings (SSSR count). The van der Waals surface area contributed by atoms with Crippen LogP contribution in [0.4, 0.5) is 35.4 Å². The monoisotopic (exact) mass is 811 g/mol. The average Bonchev–Trinajstić information content (AvgIpc) is 3.53. The predicted molar refractivity (Wildman–Crippen MR) is 191 cm³/mol. The lowest BCUT2D eigenvalue weighted by Gasteiger charge is -2.29. The summed E-state index contributed by atoms with van der Waals surface area (Å²) in [5.74, 6) is -5.92. The number of imide groups is 1. The molecule has 4 amide bonds. The molecular formula is C33H29Cl6F2N3O6. The molecule has 2 atom stereocenters. The Kier molecular flexibility index (Phi) is 11.5. The van der Waals surface area contributed by atoms with Crippen LogP contribution in [0.1, 0.15) is 63.4 Å². The average molecular weight is 814 g/mol. The molecule has 0 heterocycles. The summed E-state index contributed by atoms with van der Waals surface area (Å²) in [6.45, 7) is 9.01. The van der Waals surface area contributed by atoms with E-state index in [1.807, 2.05) is 0 Å².